The number of nitrogens with one attached hydrogen (secondary N) is 1. The van der Waals surface area contributed by atoms with E-state index in [9.17, 15) is 0 Å². The first kappa shape index (κ1) is 15.0. The average molecular weight is 213 g/mol. The van der Waals surface area contributed by atoms with Gasteiger partial charge in [-0.15, -0.1) is 0 Å². The predicted molar refractivity (Wildman–Crippen MR) is 70.3 cm³/mol. The molecule has 0 aliphatic heterocycles. The third kappa shape index (κ3) is 11.9. The quantitative estimate of drug-likeness (QED) is 0.502. The molecule has 0 spiro atoms. The van der Waals surface area contributed by atoms with E-state index in [1.54, 1.807) is 0 Å². The zero-order valence-corrected chi connectivity index (χ0v) is 11.1. The molecule has 1 N–H and O–H groups in total. The summed E-state index contributed by atoms with van der Waals surface area (Å²) in [7, 11) is 0. The Morgan fingerprint density at radius 3 is 2.07 bits per heavy atom. The molecular weight excluding hydrogens is 182 g/mol. The molecule has 1 unspecified atom stereocenters. The molecule has 0 aromatic rings. The van der Waals surface area contributed by atoms with Crippen molar-refractivity contribution in [1.82, 2.24) is 5.32 Å². The molecule has 1 heteroatoms. The van der Waals surface area contributed by atoms with Crippen molar-refractivity contribution in [3.8, 4) is 0 Å². The molecule has 0 saturated heterocycles. The Morgan fingerprint density at radius 1 is 0.867 bits per heavy atom. The van der Waals surface area contributed by atoms with Crippen LogP contribution >= 0.6 is 0 Å². The minimum atomic E-state index is 0.943. The van der Waals surface area contributed by atoms with Crippen LogP contribution in [0.25, 0.3) is 0 Å². The molecule has 92 valence electrons. The second-order valence-corrected chi connectivity index (χ2v) is 4.78. The van der Waals surface area contributed by atoms with E-state index in [-0.39, 0.29) is 0 Å². The first-order chi connectivity index (χ1) is 7.31. The van der Waals surface area contributed by atoms with Crippen LogP contribution in [0.2, 0.25) is 0 Å². The first-order valence-electron chi connectivity index (χ1n) is 7.02. The van der Waals surface area contributed by atoms with Crippen LogP contribution in [0.15, 0.2) is 0 Å². The minimum Gasteiger partial charge on any atom is -0.317 e. The molecule has 0 heterocycles. The zero-order chi connectivity index (χ0) is 11.4. The van der Waals surface area contributed by atoms with Crippen LogP contribution in [0.3, 0.4) is 0 Å². The lowest BCUT2D eigenvalue weighted by Crippen LogP contribution is -2.13. The highest BCUT2D eigenvalue weighted by atomic mass is 14.8. The maximum Gasteiger partial charge on any atom is -0.00490 e. The van der Waals surface area contributed by atoms with Gasteiger partial charge in [-0.25, -0.2) is 0 Å². The summed E-state index contributed by atoms with van der Waals surface area (Å²) in [5, 5.41) is 3.37. The van der Waals surface area contributed by atoms with Crippen molar-refractivity contribution in [3.63, 3.8) is 0 Å². The van der Waals surface area contributed by atoms with Crippen molar-refractivity contribution in [1.29, 1.82) is 0 Å². The molecule has 0 rings (SSSR count). The van der Waals surface area contributed by atoms with E-state index in [0.29, 0.717) is 0 Å². The fourth-order valence-corrected chi connectivity index (χ4v) is 1.83. The van der Waals surface area contributed by atoms with Gasteiger partial charge in [0.25, 0.3) is 0 Å². The van der Waals surface area contributed by atoms with E-state index in [0.717, 1.165) is 12.5 Å². The van der Waals surface area contributed by atoms with Crippen LogP contribution in [0, 0.1) is 5.92 Å². The Hall–Kier alpha value is -0.0400. The molecule has 0 amide bonds. The van der Waals surface area contributed by atoms with Crippen LogP contribution in [-0.2, 0) is 0 Å². The van der Waals surface area contributed by atoms with Crippen molar-refractivity contribution < 1.29 is 0 Å². The van der Waals surface area contributed by atoms with Gasteiger partial charge in [0.15, 0.2) is 0 Å². The van der Waals surface area contributed by atoms with Crippen molar-refractivity contribution in [2.75, 3.05) is 13.1 Å². The lowest BCUT2D eigenvalue weighted by Gasteiger charge is -2.07. The van der Waals surface area contributed by atoms with Gasteiger partial charge in [0.2, 0.25) is 0 Å². The molecule has 1 atom stereocenters. The Bertz CT molecular complexity index is 112. The molecule has 0 radical (unpaired) electrons. The Morgan fingerprint density at radius 2 is 1.47 bits per heavy atom. The second kappa shape index (κ2) is 12.0. The number of hydrogen-bond donors (Lipinski definition) is 1. The number of hydrogen-bond acceptors (Lipinski definition) is 1. The van der Waals surface area contributed by atoms with Gasteiger partial charge in [-0.3, -0.25) is 0 Å². The van der Waals surface area contributed by atoms with Crippen LogP contribution in [0.1, 0.15) is 72.1 Å². The lowest BCUT2D eigenvalue weighted by molar-refractivity contribution is 0.470. The molecule has 0 fully saturated rings. The lowest BCUT2D eigenvalue weighted by atomic mass is 10.00. The maximum atomic E-state index is 3.37. The summed E-state index contributed by atoms with van der Waals surface area (Å²) in [5.74, 6) is 0.943. The molecular formula is C14H31N. The highest BCUT2D eigenvalue weighted by Crippen LogP contribution is 2.13. The summed E-state index contributed by atoms with van der Waals surface area (Å²) < 4.78 is 0. The third-order valence-corrected chi connectivity index (χ3v) is 3.25. The molecule has 15 heavy (non-hydrogen) atoms. The van der Waals surface area contributed by atoms with Gasteiger partial charge in [-0.1, -0.05) is 65.7 Å². The van der Waals surface area contributed by atoms with Gasteiger partial charge in [0.05, 0.1) is 0 Å². The van der Waals surface area contributed by atoms with E-state index < -0.39 is 0 Å². The van der Waals surface area contributed by atoms with E-state index in [1.807, 2.05) is 0 Å². The molecule has 0 aliphatic carbocycles. The van der Waals surface area contributed by atoms with Crippen LogP contribution < -0.4 is 5.32 Å². The van der Waals surface area contributed by atoms with Crippen molar-refractivity contribution in [3.05, 3.63) is 0 Å². The van der Waals surface area contributed by atoms with Crippen LogP contribution in [0.4, 0.5) is 0 Å². The molecule has 0 bridgehead atoms. The van der Waals surface area contributed by atoms with E-state index >= 15 is 0 Å². The van der Waals surface area contributed by atoms with Gasteiger partial charge in [-0.2, -0.15) is 0 Å². The first-order valence-corrected chi connectivity index (χ1v) is 7.02. The summed E-state index contributed by atoms with van der Waals surface area (Å²) in [5.41, 5.74) is 0. The Balaban J connectivity index is 2.92. The number of rotatable bonds is 11. The monoisotopic (exact) mass is 213 g/mol. The van der Waals surface area contributed by atoms with E-state index in [1.165, 1.54) is 57.9 Å². The summed E-state index contributed by atoms with van der Waals surface area (Å²) in [4.78, 5) is 0. The maximum absolute atomic E-state index is 3.37. The molecule has 0 aliphatic rings. The van der Waals surface area contributed by atoms with Gasteiger partial charge in [0.1, 0.15) is 0 Å². The topological polar surface area (TPSA) is 12.0 Å². The van der Waals surface area contributed by atoms with Gasteiger partial charge >= 0.3 is 0 Å². The third-order valence-electron chi connectivity index (χ3n) is 3.25. The molecule has 0 saturated carbocycles. The SMILES string of the molecule is CCNCCCCCCCCC(C)CC. The predicted octanol–water partition coefficient (Wildman–Crippen LogP) is 4.37. The van der Waals surface area contributed by atoms with Gasteiger partial charge in [0, 0.05) is 0 Å². The Labute approximate surface area is 97.0 Å². The minimum absolute atomic E-state index is 0.943. The highest BCUT2D eigenvalue weighted by molar-refractivity contribution is 4.52. The second-order valence-electron chi connectivity index (χ2n) is 4.78. The van der Waals surface area contributed by atoms with Crippen molar-refractivity contribution in [2.24, 2.45) is 5.92 Å². The largest absolute Gasteiger partial charge is 0.317 e. The Kier molecular flexibility index (Phi) is 12.0. The van der Waals surface area contributed by atoms with Crippen LogP contribution in [0.5, 0.6) is 0 Å². The zero-order valence-electron chi connectivity index (χ0n) is 11.1. The number of unbranched alkanes of at least 4 members (excludes halogenated alkanes) is 5. The van der Waals surface area contributed by atoms with Crippen molar-refractivity contribution >= 4 is 0 Å². The van der Waals surface area contributed by atoms with Crippen molar-refractivity contribution in [2.45, 2.75) is 72.1 Å². The van der Waals surface area contributed by atoms with E-state index in [2.05, 4.69) is 26.1 Å². The van der Waals surface area contributed by atoms with E-state index in [4.69, 9.17) is 0 Å². The normalized spacial score (nSPS) is 13.0. The van der Waals surface area contributed by atoms with Gasteiger partial charge < -0.3 is 5.32 Å². The fourth-order valence-electron chi connectivity index (χ4n) is 1.83. The molecule has 1 nitrogen and oxygen atoms in total. The molecule has 0 aromatic carbocycles. The summed E-state index contributed by atoms with van der Waals surface area (Å²) >= 11 is 0. The molecule has 0 aromatic heterocycles. The fraction of sp³-hybridized carbons (Fsp3) is 1.00. The average Bonchev–Trinajstić information content (AvgIpc) is 2.26. The summed E-state index contributed by atoms with van der Waals surface area (Å²) in [6.45, 7) is 9.18. The summed E-state index contributed by atoms with van der Waals surface area (Å²) in [6.07, 6.45) is 11.3. The highest BCUT2D eigenvalue weighted by Gasteiger charge is 1.97. The van der Waals surface area contributed by atoms with Gasteiger partial charge in [-0.05, 0) is 25.4 Å². The standard InChI is InChI=1S/C14H31N/c1-4-14(3)12-10-8-6-7-9-11-13-15-5-2/h14-15H,4-13H2,1-3H3. The smallest absolute Gasteiger partial charge is 0.00490 e. The summed E-state index contributed by atoms with van der Waals surface area (Å²) in [6, 6.07) is 0. The van der Waals surface area contributed by atoms with Crippen LogP contribution in [-0.4, -0.2) is 13.1 Å².